The van der Waals surface area contributed by atoms with Crippen molar-refractivity contribution in [2.75, 3.05) is 24.7 Å². The van der Waals surface area contributed by atoms with E-state index in [1.165, 1.54) is 16.4 Å². The zero-order chi connectivity index (χ0) is 25.4. The number of nitrogens with zero attached hydrogens (tertiary/aromatic N) is 7. The number of urea groups is 1. The summed E-state index contributed by atoms with van der Waals surface area (Å²) in [4.78, 5) is 25.8. The average molecular weight is 509 g/mol. The summed E-state index contributed by atoms with van der Waals surface area (Å²) >= 11 is 1.71. The van der Waals surface area contributed by atoms with E-state index in [-0.39, 0.29) is 6.03 Å². The maximum Gasteiger partial charge on any atom is 0.319 e. The van der Waals surface area contributed by atoms with Crippen LogP contribution in [0.3, 0.4) is 0 Å². The maximum absolute atomic E-state index is 13.0. The van der Waals surface area contributed by atoms with Crippen molar-refractivity contribution in [3.8, 4) is 11.8 Å². The first-order valence-electron chi connectivity index (χ1n) is 12.0. The Balaban J connectivity index is 1.19. The predicted octanol–water partition coefficient (Wildman–Crippen LogP) is 4.59. The van der Waals surface area contributed by atoms with Crippen molar-refractivity contribution >= 4 is 44.3 Å². The van der Waals surface area contributed by atoms with Gasteiger partial charge in [0, 0.05) is 30.5 Å². The predicted molar refractivity (Wildman–Crippen MR) is 144 cm³/mol. The highest BCUT2D eigenvalue weighted by Gasteiger charge is 2.25. The van der Waals surface area contributed by atoms with Gasteiger partial charge in [0.1, 0.15) is 12.1 Å². The number of carbonyl (C=O) groups is 1. The highest BCUT2D eigenvalue weighted by Crippen LogP contribution is 2.26. The fraction of sp³-hybridized carbons (Fsp3) is 0.222. The number of aromatic nitrogens is 4. The molecule has 3 aromatic heterocycles. The van der Waals surface area contributed by atoms with Gasteiger partial charge in [0.15, 0.2) is 5.65 Å². The van der Waals surface area contributed by atoms with E-state index in [2.05, 4.69) is 61.0 Å². The number of carbonyl (C=O) groups excluding carboxylic acids is 1. The standard InChI is InChI=1S/C27H24N8OS/c1-18-3-5-22(12-21(18)13-28)35-15-23-25(32-35)30-16-31-26(23)33-8-2-9-34(17-33)27(36)29-14-19-4-6-24-20(11-19)7-10-37-24/h3-7,10-12,15-16H,2,8-9,14,17H2,1H3,(H,29,36). The van der Waals surface area contributed by atoms with Crippen LogP contribution in [0.4, 0.5) is 10.6 Å². The Morgan fingerprint density at radius 3 is 2.97 bits per heavy atom. The van der Waals surface area contributed by atoms with Crippen LogP contribution < -0.4 is 10.2 Å². The Bertz CT molecular complexity index is 1670. The molecule has 5 aromatic rings. The lowest BCUT2D eigenvalue weighted by atomic mass is 10.1. The summed E-state index contributed by atoms with van der Waals surface area (Å²) in [6.45, 7) is 4.27. The molecule has 1 saturated heterocycles. The second kappa shape index (κ2) is 9.52. The normalized spacial score (nSPS) is 13.7. The SMILES string of the molecule is Cc1ccc(-n2cc3c(N4CCCN(C(=O)NCc5ccc6sccc6c5)C4)ncnc3n2)cc1C#N. The molecule has 1 aliphatic rings. The summed E-state index contributed by atoms with van der Waals surface area (Å²) in [5.74, 6) is 0.740. The zero-order valence-electron chi connectivity index (χ0n) is 20.3. The van der Waals surface area contributed by atoms with Gasteiger partial charge < -0.3 is 15.1 Å². The molecule has 6 rings (SSSR count). The van der Waals surface area contributed by atoms with Crippen LogP contribution in [0.15, 0.2) is 60.4 Å². The molecule has 0 saturated carbocycles. The van der Waals surface area contributed by atoms with Crippen molar-refractivity contribution in [2.24, 2.45) is 0 Å². The van der Waals surface area contributed by atoms with Crippen molar-refractivity contribution in [1.82, 2.24) is 30.0 Å². The number of thiophene rings is 1. The summed E-state index contributed by atoms with van der Waals surface area (Å²) in [6, 6.07) is 16.2. The van der Waals surface area contributed by atoms with E-state index in [4.69, 9.17) is 0 Å². The number of hydrogen-bond acceptors (Lipinski definition) is 7. The molecule has 2 amide bonds. The third kappa shape index (κ3) is 4.45. The molecule has 0 radical (unpaired) electrons. The number of fused-ring (bicyclic) bond motifs is 2. The van der Waals surface area contributed by atoms with Gasteiger partial charge >= 0.3 is 6.03 Å². The van der Waals surface area contributed by atoms with Crippen LogP contribution in [-0.4, -0.2) is 50.4 Å². The second-order valence-corrected chi connectivity index (χ2v) is 10.0. The minimum absolute atomic E-state index is 0.0974. The number of nitrogens with one attached hydrogen (secondary N) is 1. The Kier molecular flexibility index (Phi) is 5.90. The van der Waals surface area contributed by atoms with E-state index in [1.54, 1.807) is 16.0 Å². The number of hydrogen-bond donors (Lipinski definition) is 1. The van der Waals surface area contributed by atoms with Crippen molar-refractivity contribution in [3.05, 3.63) is 77.1 Å². The van der Waals surface area contributed by atoms with E-state index in [0.29, 0.717) is 31.0 Å². The van der Waals surface area contributed by atoms with E-state index in [9.17, 15) is 10.1 Å². The van der Waals surface area contributed by atoms with Gasteiger partial charge in [-0.3, -0.25) is 0 Å². The quantitative estimate of drug-likeness (QED) is 0.381. The molecule has 0 atom stereocenters. The fourth-order valence-electron chi connectivity index (χ4n) is 4.64. The third-order valence-electron chi connectivity index (χ3n) is 6.65. The summed E-state index contributed by atoms with van der Waals surface area (Å²) in [5, 5.41) is 21.2. The van der Waals surface area contributed by atoms with Crippen molar-refractivity contribution < 1.29 is 4.79 Å². The number of nitriles is 1. The number of aryl methyl sites for hydroxylation is 1. The molecular formula is C27H24N8OS. The van der Waals surface area contributed by atoms with E-state index in [0.717, 1.165) is 41.0 Å². The topological polar surface area (TPSA) is 103 Å². The van der Waals surface area contributed by atoms with Gasteiger partial charge in [-0.1, -0.05) is 12.1 Å². The van der Waals surface area contributed by atoms with Crippen LogP contribution in [0, 0.1) is 18.3 Å². The summed E-state index contributed by atoms with van der Waals surface area (Å²) in [7, 11) is 0. The van der Waals surface area contributed by atoms with Crippen molar-refractivity contribution in [3.63, 3.8) is 0 Å². The molecule has 0 bridgehead atoms. The van der Waals surface area contributed by atoms with Gasteiger partial charge in [-0.2, -0.15) is 5.26 Å². The van der Waals surface area contributed by atoms with Gasteiger partial charge in [0.25, 0.3) is 0 Å². The molecule has 2 aromatic carbocycles. The van der Waals surface area contributed by atoms with Crippen molar-refractivity contribution in [1.29, 1.82) is 5.26 Å². The van der Waals surface area contributed by atoms with Gasteiger partial charge in [0.05, 0.1) is 29.4 Å². The third-order valence-corrected chi connectivity index (χ3v) is 7.54. The van der Waals surface area contributed by atoms with Crippen molar-refractivity contribution in [2.45, 2.75) is 19.9 Å². The summed E-state index contributed by atoms with van der Waals surface area (Å²) in [5.41, 5.74) is 3.95. The highest BCUT2D eigenvalue weighted by atomic mass is 32.1. The monoisotopic (exact) mass is 508 g/mol. The summed E-state index contributed by atoms with van der Waals surface area (Å²) < 4.78 is 2.97. The fourth-order valence-corrected chi connectivity index (χ4v) is 5.41. The van der Waals surface area contributed by atoms with E-state index >= 15 is 0 Å². The van der Waals surface area contributed by atoms with E-state index in [1.807, 2.05) is 36.2 Å². The Hall–Kier alpha value is -4.49. The molecule has 4 heterocycles. The van der Waals surface area contributed by atoms with Crippen LogP contribution in [0.5, 0.6) is 0 Å². The number of rotatable bonds is 4. The first-order chi connectivity index (χ1) is 18.1. The lowest BCUT2D eigenvalue weighted by molar-refractivity contribution is 0.189. The van der Waals surface area contributed by atoms with Crippen LogP contribution in [-0.2, 0) is 6.54 Å². The number of amides is 2. The van der Waals surface area contributed by atoms with Gasteiger partial charge in [0.2, 0.25) is 0 Å². The van der Waals surface area contributed by atoms with Crippen LogP contribution >= 0.6 is 11.3 Å². The average Bonchev–Trinajstić information content (AvgIpc) is 3.59. The molecule has 184 valence electrons. The van der Waals surface area contributed by atoms with Gasteiger partial charge in [-0.05, 0) is 65.6 Å². The number of anilines is 1. The number of benzene rings is 2. The zero-order valence-corrected chi connectivity index (χ0v) is 21.1. The Labute approximate surface area is 217 Å². The molecule has 0 unspecified atom stereocenters. The maximum atomic E-state index is 13.0. The Morgan fingerprint density at radius 1 is 1.16 bits per heavy atom. The molecule has 0 aliphatic carbocycles. The molecule has 9 nitrogen and oxygen atoms in total. The lowest BCUT2D eigenvalue weighted by Gasteiger charge is -2.36. The van der Waals surface area contributed by atoms with Crippen LogP contribution in [0.25, 0.3) is 26.8 Å². The molecule has 1 N–H and O–H groups in total. The van der Waals surface area contributed by atoms with Crippen LogP contribution in [0.2, 0.25) is 0 Å². The lowest BCUT2D eigenvalue weighted by Crippen LogP contribution is -2.51. The second-order valence-electron chi connectivity index (χ2n) is 9.09. The van der Waals surface area contributed by atoms with E-state index < -0.39 is 0 Å². The van der Waals surface area contributed by atoms with Gasteiger partial charge in [-0.25, -0.2) is 19.4 Å². The first kappa shape index (κ1) is 22.9. The van der Waals surface area contributed by atoms with Crippen LogP contribution in [0.1, 0.15) is 23.1 Å². The first-order valence-corrected chi connectivity index (χ1v) is 12.9. The summed E-state index contributed by atoms with van der Waals surface area (Å²) in [6.07, 6.45) is 4.22. The molecular weight excluding hydrogens is 484 g/mol. The highest BCUT2D eigenvalue weighted by molar-refractivity contribution is 7.17. The molecule has 10 heteroatoms. The smallest absolute Gasteiger partial charge is 0.319 e. The minimum atomic E-state index is -0.0974. The van der Waals surface area contributed by atoms with Gasteiger partial charge in [-0.15, -0.1) is 16.4 Å². The Morgan fingerprint density at radius 2 is 2.08 bits per heavy atom. The molecule has 0 spiro atoms. The molecule has 1 fully saturated rings. The molecule has 1 aliphatic heterocycles. The molecule has 37 heavy (non-hydrogen) atoms. The minimum Gasteiger partial charge on any atom is -0.338 e. The largest absolute Gasteiger partial charge is 0.338 e.